The number of hydrogen-bond acceptors (Lipinski definition) is 5. The Morgan fingerprint density at radius 1 is 1.33 bits per heavy atom. The van der Waals surface area contributed by atoms with E-state index in [0.29, 0.717) is 6.54 Å². The molecule has 0 aliphatic carbocycles. The molecule has 2 aromatic rings. The number of aromatic nitrogens is 2. The maximum Gasteiger partial charge on any atom is 0.225 e. The number of rotatable bonds is 6. The van der Waals surface area contributed by atoms with Crippen molar-refractivity contribution in [1.82, 2.24) is 15.3 Å². The van der Waals surface area contributed by atoms with Crippen molar-refractivity contribution in [2.24, 2.45) is 0 Å². The number of furan rings is 1. The van der Waals surface area contributed by atoms with Gasteiger partial charge in [0.1, 0.15) is 5.76 Å². The van der Waals surface area contributed by atoms with Gasteiger partial charge in [0.2, 0.25) is 5.95 Å². The molecule has 0 atom stereocenters. The fourth-order valence-electron chi connectivity index (χ4n) is 1.72. The van der Waals surface area contributed by atoms with Crippen molar-refractivity contribution in [3.05, 3.63) is 42.1 Å². The monoisotopic (exact) mass is 246 g/mol. The van der Waals surface area contributed by atoms with E-state index in [0.717, 1.165) is 30.4 Å². The molecule has 0 radical (unpaired) electrons. The first-order valence-electron chi connectivity index (χ1n) is 6.06. The second-order valence-electron chi connectivity index (χ2n) is 4.02. The molecule has 2 rings (SSSR count). The minimum Gasteiger partial charge on any atom is -0.467 e. The molecule has 0 amide bonds. The Morgan fingerprint density at radius 3 is 2.67 bits per heavy atom. The molecule has 5 heteroatoms. The SMILES string of the molecule is CCN(Cc1ccco1)c1ncc(CNC)cn1. The van der Waals surface area contributed by atoms with Gasteiger partial charge in [0.15, 0.2) is 0 Å². The quantitative estimate of drug-likeness (QED) is 0.842. The van der Waals surface area contributed by atoms with Gasteiger partial charge in [-0.2, -0.15) is 0 Å². The highest BCUT2D eigenvalue weighted by atomic mass is 16.3. The van der Waals surface area contributed by atoms with Gasteiger partial charge in [0, 0.05) is 31.0 Å². The molecule has 96 valence electrons. The summed E-state index contributed by atoms with van der Waals surface area (Å²) < 4.78 is 5.34. The number of nitrogens with zero attached hydrogens (tertiary/aromatic N) is 3. The van der Waals surface area contributed by atoms with Crippen molar-refractivity contribution in [1.29, 1.82) is 0 Å². The fraction of sp³-hybridized carbons (Fsp3) is 0.385. The molecule has 0 saturated heterocycles. The van der Waals surface area contributed by atoms with Crippen molar-refractivity contribution in [2.75, 3.05) is 18.5 Å². The van der Waals surface area contributed by atoms with Crippen molar-refractivity contribution in [3.8, 4) is 0 Å². The highest BCUT2D eigenvalue weighted by molar-refractivity contribution is 5.30. The van der Waals surface area contributed by atoms with E-state index >= 15 is 0 Å². The number of anilines is 1. The van der Waals surface area contributed by atoms with E-state index < -0.39 is 0 Å². The lowest BCUT2D eigenvalue weighted by molar-refractivity contribution is 0.502. The largest absolute Gasteiger partial charge is 0.467 e. The predicted octanol–water partition coefficient (Wildman–Crippen LogP) is 1.82. The van der Waals surface area contributed by atoms with E-state index in [9.17, 15) is 0 Å². The molecule has 0 saturated carbocycles. The molecule has 5 nitrogen and oxygen atoms in total. The van der Waals surface area contributed by atoms with Crippen LogP contribution in [0.25, 0.3) is 0 Å². The van der Waals surface area contributed by atoms with Crippen LogP contribution in [-0.4, -0.2) is 23.6 Å². The Kier molecular flexibility index (Phi) is 4.30. The lowest BCUT2D eigenvalue weighted by Crippen LogP contribution is -2.24. The summed E-state index contributed by atoms with van der Waals surface area (Å²) in [5.74, 6) is 1.65. The molecule has 1 N–H and O–H groups in total. The Balaban J connectivity index is 2.07. The summed E-state index contributed by atoms with van der Waals surface area (Å²) in [5, 5.41) is 3.07. The van der Waals surface area contributed by atoms with Gasteiger partial charge in [0.25, 0.3) is 0 Å². The fourth-order valence-corrected chi connectivity index (χ4v) is 1.72. The van der Waals surface area contributed by atoms with Crippen LogP contribution in [0.2, 0.25) is 0 Å². The molecule has 0 bridgehead atoms. The zero-order chi connectivity index (χ0) is 12.8. The van der Waals surface area contributed by atoms with Crippen molar-refractivity contribution < 1.29 is 4.42 Å². The van der Waals surface area contributed by atoms with Gasteiger partial charge in [-0.3, -0.25) is 0 Å². The van der Waals surface area contributed by atoms with Crippen LogP contribution < -0.4 is 10.2 Å². The normalized spacial score (nSPS) is 10.6. The molecular formula is C13H18N4O. The van der Waals surface area contributed by atoms with E-state index in [1.807, 2.05) is 31.6 Å². The van der Waals surface area contributed by atoms with Crippen LogP contribution in [0, 0.1) is 0 Å². The van der Waals surface area contributed by atoms with E-state index in [1.54, 1.807) is 6.26 Å². The third-order valence-corrected chi connectivity index (χ3v) is 2.66. The average Bonchev–Trinajstić information content (AvgIpc) is 2.90. The summed E-state index contributed by atoms with van der Waals surface area (Å²) in [5.41, 5.74) is 1.08. The van der Waals surface area contributed by atoms with E-state index in [1.165, 1.54) is 0 Å². The summed E-state index contributed by atoms with van der Waals surface area (Å²) >= 11 is 0. The summed E-state index contributed by atoms with van der Waals surface area (Å²) in [4.78, 5) is 10.8. The number of nitrogens with one attached hydrogen (secondary N) is 1. The van der Waals surface area contributed by atoms with Crippen molar-refractivity contribution in [2.45, 2.75) is 20.0 Å². The second-order valence-corrected chi connectivity index (χ2v) is 4.02. The van der Waals surface area contributed by atoms with Crippen LogP contribution in [0.15, 0.2) is 35.2 Å². The van der Waals surface area contributed by atoms with Crippen LogP contribution in [-0.2, 0) is 13.1 Å². The summed E-state index contributed by atoms with van der Waals surface area (Å²) in [6.45, 7) is 4.39. The molecule has 2 aromatic heterocycles. The first kappa shape index (κ1) is 12.6. The van der Waals surface area contributed by atoms with Crippen LogP contribution in [0.1, 0.15) is 18.2 Å². The third-order valence-electron chi connectivity index (χ3n) is 2.66. The minimum atomic E-state index is 0.689. The maximum atomic E-state index is 5.34. The maximum absolute atomic E-state index is 5.34. The lowest BCUT2D eigenvalue weighted by atomic mass is 10.3. The zero-order valence-electron chi connectivity index (χ0n) is 10.8. The predicted molar refractivity (Wildman–Crippen MR) is 70.2 cm³/mol. The Hall–Kier alpha value is -1.88. The minimum absolute atomic E-state index is 0.689. The summed E-state index contributed by atoms with van der Waals surface area (Å²) in [6, 6.07) is 3.85. The van der Waals surface area contributed by atoms with Gasteiger partial charge >= 0.3 is 0 Å². The molecule has 18 heavy (non-hydrogen) atoms. The second kappa shape index (κ2) is 6.16. The third kappa shape index (κ3) is 3.07. The number of hydrogen-bond donors (Lipinski definition) is 1. The van der Waals surface area contributed by atoms with Crippen LogP contribution in [0.4, 0.5) is 5.95 Å². The highest BCUT2D eigenvalue weighted by Crippen LogP contribution is 2.12. The first-order valence-corrected chi connectivity index (χ1v) is 6.06. The molecule has 0 unspecified atom stereocenters. The molecule has 2 heterocycles. The van der Waals surface area contributed by atoms with Gasteiger partial charge in [0.05, 0.1) is 12.8 Å². The van der Waals surface area contributed by atoms with Crippen molar-refractivity contribution in [3.63, 3.8) is 0 Å². The molecule has 0 aliphatic heterocycles. The van der Waals surface area contributed by atoms with Crippen molar-refractivity contribution >= 4 is 5.95 Å². The van der Waals surface area contributed by atoms with Gasteiger partial charge in [-0.15, -0.1) is 0 Å². The standard InChI is InChI=1S/C13H18N4O/c1-3-17(10-12-5-4-6-18-12)13-15-8-11(7-14-2)9-16-13/h4-6,8-9,14H,3,7,10H2,1-2H3. The molecule has 0 spiro atoms. The molecular weight excluding hydrogens is 228 g/mol. The van der Waals surface area contributed by atoms with E-state index in [-0.39, 0.29) is 0 Å². The average molecular weight is 246 g/mol. The van der Waals surface area contributed by atoms with E-state index in [4.69, 9.17) is 4.42 Å². The summed E-state index contributed by atoms with van der Waals surface area (Å²) in [6.07, 6.45) is 5.38. The van der Waals surface area contributed by atoms with Crippen LogP contribution in [0.5, 0.6) is 0 Å². The van der Waals surface area contributed by atoms with E-state index in [2.05, 4.69) is 27.1 Å². The Labute approximate surface area is 107 Å². The van der Waals surface area contributed by atoms with Crippen LogP contribution >= 0.6 is 0 Å². The van der Waals surface area contributed by atoms with Gasteiger partial charge in [-0.05, 0) is 26.1 Å². The summed E-state index contributed by atoms with van der Waals surface area (Å²) in [7, 11) is 1.91. The smallest absolute Gasteiger partial charge is 0.225 e. The molecule has 0 fully saturated rings. The zero-order valence-corrected chi connectivity index (χ0v) is 10.8. The molecule has 0 aliphatic rings. The highest BCUT2D eigenvalue weighted by Gasteiger charge is 2.09. The van der Waals surface area contributed by atoms with Crippen LogP contribution in [0.3, 0.4) is 0 Å². The Morgan fingerprint density at radius 2 is 2.11 bits per heavy atom. The lowest BCUT2D eigenvalue weighted by Gasteiger charge is -2.19. The van der Waals surface area contributed by atoms with Gasteiger partial charge in [-0.25, -0.2) is 9.97 Å². The first-order chi connectivity index (χ1) is 8.83. The topological polar surface area (TPSA) is 54.2 Å². The molecule has 0 aromatic carbocycles. The van der Waals surface area contributed by atoms with Gasteiger partial charge < -0.3 is 14.6 Å². The Bertz CT molecular complexity index is 452. The van der Waals surface area contributed by atoms with Gasteiger partial charge in [-0.1, -0.05) is 0 Å².